The molecular formula is C17H30BNO3Si. The maximum absolute atomic E-state index is 6.29. The van der Waals surface area contributed by atoms with Crippen LogP contribution >= 0.6 is 0 Å². The minimum Gasteiger partial charge on any atom is -0.531 e. The molecule has 0 saturated carbocycles. The molecule has 128 valence electrons. The molecular weight excluding hydrogens is 305 g/mol. The van der Waals surface area contributed by atoms with Gasteiger partial charge in [-0.25, -0.2) is 4.98 Å². The van der Waals surface area contributed by atoms with E-state index in [1.165, 1.54) is 0 Å². The first-order valence-corrected chi connectivity index (χ1v) is 11.2. The van der Waals surface area contributed by atoms with Crippen LogP contribution in [0.2, 0.25) is 18.1 Å². The second-order valence-electron chi connectivity index (χ2n) is 8.88. The van der Waals surface area contributed by atoms with E-state index in [9.17, 15) is 0 Å². The highest BCUT2D eigenvalue weighted by Gasteiger charge is 2.51. The van der Waals surface area contributed by atoms with Gasteiger partial charge in [-0.15, -0.1) is 0 Å². The van der Waals surface area contributed by atoms with Gasteiger partial charge in [-0.1, -0.05) is 20.8 Å². The molecule has 1 aromatic rings. The molecule has 0 N–H and O–H groups in total. The Kier molecular flexibility index (Phi) is 4.50. The van der Waals surface area contributed by atoms with Crippen molar-refractivity contribution in [2.75, 3.05) is 0 Å². The summed E-state index contributed by atoms with van der Waals surface area (Å²) < 4.78 is 18.5. The lowest BCUT2D eigenvalue weighted by Crippen LogP contribution is -2.44. The fourth-order valence-electron chi connectivity index (χ4n) is 2.02. The van der Waals surface area contributed by atoms with Crippen LogP contribution in [0.25, 0.3) is 0 Å². The van der Waals surface area contributed by atoms with E-state index in [1.54, 1.807) is 6.20 Å². The molecule has 6 heteroatoms. The summed E-state index contributed by atoms with van der Waals surface area (Å²) in [6.45, 7) is 19.3. The smallest absolute Gasteiger partial charge is 0.495 e. The summed E-state index contributed by atoms with van der Waals surface area (Å²) in [5, 5.41) is 0.134. The van der Waals surface area contributed by atoms with Crippen molar-refractivity contribution in [2.24, 2.45) is 0 Å². The average molecular weight is 335 g/mol. The number of pyridine rings is 1. The van der Waals surface area contributed by atoms with Gasteiger partial charge in [0.2, 0.25) is 0 Å². The minimum atomic E-state index is -1.91. The second-order valence-corrected chi connectivity index (χ2v) is 13.6. The molecule has 1 fully saturated rings. The molecule has 0 unspecified atom stereocenters. The minimum absolute atomic E-state index is 0.134. The van der Waals surface area contributed by atoms with E-state index in [0.29, 0.717) is 5.88 Å². The maximum atomic E-state index is 6.29. The van der Waals surface area contributed by atoms with E-state index in [-0.39, 0.29) is 23.4 Å². The zero-order chi connectivity index (χ0) is 17.7. The van der Waals surface area contributed by atoms with Crippen molar-refractivity contribution < 1.29 is 13.7 Å². The monoisotopic (exact) mass is 335 g/mol. The first-order valence-electron chi connectivity index (χ1n) is 8.26. The van der Waals surface area contributed by atoms with Gasteiger partial charge in [0.1, 0.15) is 0 Å². The lowest BCUT2D eigenvalue weighted by Gasteiger charge is -2.35. The molecule has 1 aliphatic rings. The second kappa shape index (κ2) is 5.60. The third-order valence-electron chi connectivity index (χ3n) is 5.45. The Morgan fingerprint density at radius 2 is 1.61 bits per heavy atom. The van der Waals surface area contributed by atoms with Crippen LogP contribution in [0, 0.1) is 0 Å². The summed E-state index contributed by atoms with van der Waals surface area (Å²) in [7, 11) is -2.29. The van der Waals surface area contributed by atoms with Crippen LogP contribution in [0.3, 0.4) is 0 Å². The Balaban J connectivity index is 2.22. The van der Waals surface area contributed by atoms with Crippen molar-refractivity contribution >= 4 is 20.9 Å². The van der Waals surface area contributed by atoms with Crippen molar-refractivity contribution in [1.29, 1.82) is 0 Å². The SMILES string of the molecule is CC1(C)OB(c2ccnc(O[Si](C)(C)C(C)(C)C)c2)OC1(C)C. The molecule has 0 radical (unpaired) electrons. The van der Waals surface area contributed by atoms with Crippen molar-refractivity contribution in [3.8, 4) is 5.88 Å². The first-order chi connectivity index (χ1) is 10.3. The Morgan fingerprint density at radius 1 is 1.09 bits per heavy atom. The Labute approximate surface area is 142 Å². The van der Waals surface area contributed by atoms with Gasteiger partial charge in [-0.05, 0) is 63.4 Å². The molecule has 0 aromatic carbocycles. The van der Waals surface area contributed by atoms with Gasteiger partial charge in [0.05, 0.1) is 11.2 Å². The van der Waals surface area contributed by atoms with Crippen molar-refractivity contribution in [2.45, 2.75) is 77.8 Å². The van der Waals surface area contributed by atoms with Gasteiger partial charge in [0, 0.05) is 6.20 Å². The highest BCUT2D eigenvalue weighted by molar-refractivity contribution is 6.74. The number of aromatic nitrogens is 1. The van der Waals surface area contributed by atoms with Crippen molar-refractivity contribution in [1.82, 2.24) is 4.98 Å². The summed E-state index contributed by atoms with van der Waals surface area (Å²) in [4.78, 5) is 4.38. The zero-order valence-corrected chi connectivity index (χ0v) is 17.0. The van der Waals surface area contributed by atoms with Crippen LogP contribution in [0.1, 0.15) is 48.5 Å². The van der Waals surface area contributed by atoms with Gasteiger partial charge in [-0.3, -0.25) is 0 Å². The Morgan fingerprint density at radius 3 is 2.09 bits per heavy atom. The van der Waals surface area contributed by atoms with Crippen LogP contribution < -0.4 is 9.89 Å². The molecule has 1 aromatic heterocycles. The van der Waals surface area contributed by atoms with E-state index in [2.05, 4.69) is 66.5 Å². The van der Waals surface area contributed by atoms with Crippen LogP contribution in [-0.4, -0.2) is 31.6 Å². The van der Waals surface area contributed by atoms with Gasteiger partial charge in [0.15, 0.2) is 5.88 Å². The number of rotatable bonds is 3. The summed E-state index contributed by atoms with van der Waals surface area (Å²) >= 11 is 0. The highest BCUT2D eigenvalue weighted by atomic mass is 28.4. The quantitative estimate of drug-likeness (QED) is 0.789. The Bertz CT molecular complexity index is 565. The van der Waals surface area contributed by atoms with Crippen LogP contribution in [-0.2, 0) is 9.31 Å². The highest BCUT2D eigenvalue weighted by Crippen LogP contribution is 2.38. The molecule has 0 amide bonds. The fraction of sp³-hybridized carbons (Fsp3) is 0.706. The van der Waals surface area contributed by atoms with Crippen molar-refractivity contribution in [3.63, 3.8) is 0 Å². The molecule has 1 saturated heterocycles. The number of hydrogen-bond donors (Lipinski definition) is 0. The molecule has 0 bridgehead atoms. The topological polar surface area (TPSA) is 40.6 Å². The van der Waals surface area contributed by atoms with E-state index in [4.69, 9.17) is 13.7 Å². The molecule has 2 heterocycles. The normalized spacial score (nSPS) is 20.7. The molecule has 0 atom stereocenters. The summed E-state index contributed by atoms with van der Waals surface area (Å²) in [5.74, 6) is 0.656. The average Bonchev–Trinajstić information content (AvgIpc) is 2.57. The standard InChI is InChI=1S/C17H30BNO3Si/c1-15(2,3)23(8,9)20-14-12-13(10-11-19-14)18-21-16(4,5)17(6,7)22-18/h10-12H,1-9H3. The lowest BCUT2D eigenvalue weighted by molar-refractivity contribution is 0.00578. The lowest BCUT2D eigenvalue weighted by atomic mass is 9.80. The third kappa shape index (κ3) is 3.64. The summed E-state index contributed by atoms with van der Waals surface area (Å²) in [6, 6.07) is 3.88. The predicted molar refractivity (Wildman–Crippen MR) is 97.8 cm³/mol. The van der Waals surface area contributed by atoms with Crippen LogP contribution in [0.4, 0.5) is 0 Å². The fourth-order valence-corrected chi connectivity index (χ4v) is 2.96. The van der Waals surface area contributed by atoms with Gasteiger partial charge >= 0.3 is 7.12 Å². The molecule has 1 aliphatic heterocycles. The summed E-state index contributed by atoms with van der Waals surface area (Å²) in [5.41, 5.74) is 0.260. The first kappa shape index (κ1) is 18.5. The summed E-state index contributed by atoms with van der Waals surface area (Å²) in [6.07, 6.45) is 1.77. The third-order valence-corrected chi connectivity index (χ3v) is 9.78. The molecule has 0 aliphatic carbocycles. The maximum Gasteiger partial charge on any atom is 0.495 e. The molecule has 4 nitrogen and oxygen atoms in total. The van der Waals surface area contributed by atoms with Crippen LogP contribution in [0.15, 0.2) is 18.3 Å². The molecule has 2 rings (SSSR count). The Hall–Kier alpha value is -0.848. The van der Waals surface area contributed by atoms with E-state index in [0.717, 1.165) is 5.46 Å². The largest absolute Gasteiger partial charge is 0.531 e. The molecule has 0 spiro atoms. The van der Waals surface area contributed by atoms with Gasteiger partial charge in [0.25, 0.3) is 8.32 Å². The zero-order valence-electron chi connectivity index (χ0n) is 16.0. The van der Waals surface area contributed by atoms with E-state index < -0.39 is 8.32 Å². The van der Waals surface area contributed by atoms with Gasteiger partial charge < -0.3 is 13.7 Å². The van der Waals surface area contributed by atoms with Gasteiger partial charge in [-0.2, -0.15) is 0 Å². The predicted octanol–water partition coefficient (Wildman–Crippen LogP) is 3.76. The van der Waals surface area contributed by atoms with E-state index in [1.807, 2.05) is 12.1 Å². The molecule has 23 heavy (non-hydrogen) atoms. The van der Waals surface area contributed by atoms with E-state index >= 15 is 0 Å². The van der Waals surface area contributed by atoms with Crippen LogP contribution in [0.5, 0.6) is 5.88 Å². The van der Waals surface area contributed by atoms with Crippen molar-refractivity contribution in [3.05, 3.63) is 18.3 Å². The number of hydrogen-bond acceptors (Lipinski definition) is 4. The number of nitrogens with zero attached hydrogens (tertiary/aromatic N) is 1.